The molecule has 158 valence electrons. The molecule has 0 heterocycles. The first-order valence-corrected chi connectivity index (χ1v) is 11.8. The zero-order valence-corrected chi connectivity index (χ0v) is 19.2. The van der Waals surface area contributed by atoms with Crippen LogP contribution < -0.4 is 9.62 Å². The van der Waals surface area contributed by atoms with Crippen molar-refractivity contribution < 1.29 is 13.2 Å². The normalized spacial score (nSPS) is 12.5. The number of aryl methyl sites for hydroxylation is 3. The highest BCUT2D eigenvalue weighted by atomic mass is 35.5. The molecule has 7 heteroatoms. The van der Waals surface area contributed by atoms with E-state index in [0.29, 0.717) is 17.1 Å². The van der Waals surface area contributed by atoms with Crippen molar-refractivity contribution in [3.63, 3.8) is 0 Å². The quantitative estimate of drug-likeness (QED) is 0.652. The fourth-order valence-electron chi connectivity index (χ4n) is 3.13. The van der Waals surface area contributed by atoms with Crippen LogP contribution in [-0.4, -0.2) is 27.1 Å². The van der Waals surface area contributed by atoms with Gasteiger partial charge in [-0.1, -0.05) is 35.9 Å². The van der Waals surface area contributed by atoms with Gasteiger partial charge in [0.25, 0.3) is 0 Å². The molecule has 0 fully saturated rings. The molecule has 29 heavy (non-hydrogen) atoms. The first-order valence-electron chi connectivity index (χ1n) is 9.59. The second-order valence-corrected chi connectivity index (χ2v) is 9.85. The minimum absolute atomic E-state index is 0.105. The van der Waals surface area contributed by atoms with Crippen LogP contribution in [0.1, 0.15) is 48.1 Å². The Balaban J connectivity index is 1.99. The van der Waals surface area contributed by atoms with E-state index in [-0.39, 0.29) is 24.9 Å². The molecule has 0 bridgehead atoms. The van der Waals surface area contributed by atoms with Crippen LogP contribution in [0.5, 0.6) is 0 Å². The molecule has 1 amide bonds. The number of halogens is 1. The van der Waals surface area contributed by atoms with Crippen molar-refractivity contribution in [3.05, 3.63) is 63.7 Å². The summed E-state index contributed by atoms with van der Waals surface area (Å²) in [5.74, 6) is -0.105. The molecule has 0 saturated heterocycles. The molecule has 1 N–H and O–H groups in total. The van der Waals surface area contributed by atoms with Gasteiger partial charge in [-0.3, -0.25) is 9.10 Å². The molecule has 0 aliphatic rings. The van der Waals surface area contributed by atoms with Crippen molar-refractivity contribution in [2.45, 2.75) is 46.6 Å². The van der Waals surface area contributed by atoms with Crippen molar-refractivity contribution in [2.75, 3.05) is 17.1 Å². The van der Waals surface area contributed by atoms with Crippen LogP contribution in [0.2, 0.25) is 5.02 Å². The lowest BCUT2D eigenvalue weighted by Crippen LogP contribution is -2.33. The number of carbonyl (C=O) groups excluding carboxylic acids is 1. The van der Waals surface area contributed by atoms with Crippen LogP contribution in [0.15, 0.2) is 36.4 Å². The highest BCUT2D eigenvalue weighted by molar-refractivity contribution is 7.92. The summed E-state index contributed by atoms with van der Waals surface area (Å²) in [6, 6.07) is 11.2. The molecule has 0 unspecified atom stereocenters. The fraction of sp³-hybridized carbons (Fsp3) is 0.409. The molecule has 0 spiro atoms. The Kier molecular flexibility index (Phi) is 7.72. The highest BCUT2D eigenvalue weighted by Crippen LogP contribution is 2.26. The van der Waals surface area contributed by atoms with E-state index in [1.807, 2.05) is 32.9 Å². The fourth-order valence-corrected chi connectivity index (χ4v) is 4.31. The van der Waals surface area contributed by atoms with Gasteiger partial charge in [-0.2, -0.15) is 0 Å². The number of nitrogens with zero attached hydrogens (tertiary/aromatic N) is 1. The third-order valence-corrected chi connectivity index (χ3v) is 6.43. The molecule has 2 rings (SSSR count). The Morgan fingerprint density at radius 3 is 2.34 bits per heavy atom. The van der Waals surface area contributed by atoms with Gasteiger partial charge in [-0.05, 0) is 68.5 Å². The second kappa shape index (κ2) is 9.63. The number of hydrogen-bond donors (Lipinski definition) is 1. The van der Waals surface area contributed by atoms with Crippen molar-refractivity contribution in [2.24, 2.45) is 0 Å². The summed E-state index contributed by atoms with van der Waals surface area (Å²) < 4.78 is 25.9. The molecule has 2 aromatic rings. The molecule has 0 aliphatic carbocycles. The Labute approximate surface area is 179 Å². The van der Waals surface area contributed by atoms with Crippen LogP contribution in [0.3, 0.4) is 0 Å². The molecule has 5 nitrogen and oxygen atoms in total. The molecule has 0 radical (unpaired) electrons. The molecule has 0 saturated carbocycles. The Morgan fingerprint density at radius 2 is 1.72 bits per heavy atom. The number of hydrogen-bond acceptors (Lipinski definition) is 3. The van der Waals surface area contributed by atoms with E-state index in [2.05, 4.69) is 18.3 Å². The smallest absolute Gasteiger partial charge is 0.232 e. The number of carbonyl (C=O) groups is 1. The van der Waals surface area contributed by atoms with Gasteiger partial charge in [0.2, 0.25) is 15.9 Å². The number of amides is 1. The Morgan fingerprint density at radius 1 is 1.07 bits per heavy atom. The monoisotopic (exact) mass is 436 g/mol. The maximum atomic E-state index is 12.4. The van der Waals surface area contributed by atoms with Crippen LogP contribution in [0.25, 0.3) is 0 Å². The van der Waals surface area contributed by atoms with Gasteiger partial charge in [0.15, 0.2) is 0 Å². The van der Waals surface area contributed by atoms with Gasteiger partial charge < -0.3 is 5.32 Å². The van der Waals surface area contributed by atoms with Gasteiger partial charge >= 0.3 is 0 Å². The average molecular weight is 437 g/mol. The first-order chi connectivity index (χ1) is 13.5. The number of sulfonamides is 1. The van der Waals surface area contributed by atoms with E-state index in [9.17, 15) is 13.2 Å². The predicted molar refractivity (Wildman–Crippen MR) is 120 cm³/mol. The van der Waals surface area contributed by atoms with Gasteiger partial charge in [0, 0.05) is 18.0 Å². The zero-order valence-electron chi connectivity index (χ0n) is 17.6. The number of benzene rings is 2. The lowest BCUT2D eigenvalue weighted by molar-refractivity contribution is -0.121. The van der Waals surface area contributed by atoms with Crippen LogP contribution in [0.4, 0.5) is 5.69 Å². The first kappa shape index (κ1) is 23.2. The summed E-state index contributed by atoms with van der Waals surface area (Å²) in [5.41, 5.74) is 4.80. The molecule has 0 aliphatic heterocycles. The molecule has 1 atom stereocenters. The zero-order chi connectivity index (χ0) is 21.8. The third-order valence-electron chi connectivity index (χ3n) is 5.01. The summed E-state index contributed by atoms with van der Waals surface area (Å²) in [4.78, 5) is 12.4. The number of rotatable bonds is 8. The predicted octanol–water partition coefficient (Wildman–Crippen LogP) is 4.69. The van der Waals surface area contributed by atoms with E-state index in [4.69, 9.17) is 11.6 Å². The molecule has 2 aromatic carbocycles. The third kappa shape index (κ3) is 6.47. The topological polar surface area (TPSA) is 66.5 Å². The minimum atomic E-state index is -3.49. The lowest BCUT2D eigenvalue weighted by atomic mass is 10.0. The standard InChI is InChI=1S/C22H29ClN2O3S/c1-15-8-10-19(13-17(15)3)18(4)24-22(26)7-6-12-25(29(5,27)28)21-14-20(23)11-9-16(21)2/h8-11,13-14,18H,6-7,12H2,1-5H3,(H,24,26)/t18-/m0/s1. The Hall–Kier alpha value is -2.05. The molecular weight excluding hydrogens is 408 g/mol. The van der Waals surface area contributed by atoms with Gasteiger partial charge in [0.05, 0.1) is 18.0 Å². The lowest BCUT2D eigenvalue weighted by Gasteiger charge is -2.24. The SMILES string of the molecule is Cc1ccc([C@H](C)NC(=O)CCCN(c2cc(Cl)ccc2C)S(C)(=O)=O)cc1C. The molecule has 0 aromatic heterocycles. The van der Waals surface area contributed by atoms with Gasteiger partial charge in [-0.15, -0.1) is 0 Å². The second-order valence-electron chi connectivity index (χ2n) is 7.50. The van der Waals surface area contributed by atoms with E-state index >= 15 is 0 Å². The van der Waals surface area contributed by atoms with Crippen molar-refractivity contribution in [1.29, 1.82) is 0 Å². The van der Waals surface area contributed by atoms with Crippen molar-refractivity contribution in [1.82, 2.24) is 5.32 Å². The van der Waals surface area contributed by atoms with Crippen LogP contribution in [-0.2, 0) is 14.8 Å². The summed E-state index contributed by atoms with van der Waals surface area (Å²) in [7, 11) is -3.49. The van der Waals surface area contributed by atoms with E-state index in [1.54, 1.807) is 18.2 Å². The van der Waals surface area contributed by atoms with E-state index in [0.717, 1.165) is 17.4 Å². The molecular formula is C22H29ClN2O3S. The number of nitrogens with one attached hydrogen (secondary N) is 1. The Bertz CT molecular complexity index is 990. The van der Waals surface area contributed by atoms with Crippen molar-refractivity contribution >= 4 is 33.2 Å². The average Bonchev–Trinajstić information content (AvgIpc) is 2.62. The van der Waals surface area contributed by atoms with Gasteiger partial charge in [0.1, 0.15) is 0 Å². The summed E-state index contributed by atoms with van der Waals surface area (Å²) in [6.45, 7) is 8.09. The van der Waals surface area contributed by atoms with E-state index in [1.165, 1.54) is 15.4 Å². The summed E-state index contributed by atoms with van der Waals surface area (Å²) in [5, 5.41) is 3.46. The summed E-state index contributed by atoms with van der Waals surface area (Å²) in [6.07, 6.45) is 1.81. The largest absolute Gasteiger partial charge is 0.350 e. The van der Waals surface area contributed by atoms with Crippen molar-refractivity contribution in [3.8, 4) is 0 Å². The van der Waals surface area contributed by atoms with Crippen LogP contribution >= 0.6 is 11.6 Å². The van der Waals surface area contributed by atoms with Crippen LogP contribution in [0, 0.1) is 20.8 Å². The number of anilines is 1. The highest BCUT2D eigenvalue weighted by Gasteiger charge is 2.20. The van der Waals surface area contributed by atoms with E-state index < -0.39 is 10.0 Å². The summed E-state index contributed by atoms with van der Waals surface area (Å²) >= 11 is 6.05. The van der Waals surface area contributed by atoms with Gasteiger partial charge in [-0.25, -0.2) is 8.42 Å². The maximum Gasteiger partial charge on any atom is 0.232 e. The maximum absolute atomic E-state index is 12.4. The minimum Gasteiger partial charge on any atom is -0.350 e.